The van der Waals surface area contributed by atoms with Gasteiger partial charge in [0.05, 0.1) is 0 Å². The summed E-state index contributed by atoms with van der Waals surface area (Å²) in [5, 5.41) is 11.4. The minimum Gasteiger partial charge on any atom is -0.465 e. The number of nitrogens with zero attached hydrogens (tertiary/aromatic N) is 1. The second kappa shape index (κ2) is 9.97. The number of hydrogen-bond donors (Lipinski definition) is 2. The Bertz CT molecular complexity index is 800. The number of benzene rings is 2. The van der Waals surface area contributed by atoms with Crippen LogP contribution in [0.1, 0.15) is 17.5 Å². The average molecular weight is 390 g/mol. The molecule has 0 fully saturated rings. The van der Waals surface area contributed by atoms with Crippen molar-refractivity contribution in [1.29, 1.82) is 0 Å². The van der Waals surface area contributed by atoms with E-state index in [4.69, 9.17) is 5.11 Å². The summed E-state index contributed by atoms with van der Waals surface area (Å²) < 4.78 is 13.9. The van der Waals surface area contributed by atoms with Crippen molar-refractivity contribution in [3.8, 4) is 0 Å². The van der Waals surface area contributed by atoms with Crippen LogP contribution in [0.3, 0.4) is 0 Å². The van der Waals surface area contributed by atoms with Crippen molar-refractivity contribution >= 4 is 23.8 Å². The van der Waals surface area contributed by atoms with Crippen molar-refractivity contribution in [1.82, 2.24) is 10.2 Å². The molecule has 0 saturated heterocycles. The Morgan fingerprint density at radius 1 is 1.15 bits per heavy atom. The predicted octanol–water partition coefficient (Wildman–Crippen LogP) is 3.78. The topological polar surface area (TPSA) is 69.6 Å². The van der Waals surface area contributed by atoms with Gasteiger partial charge in [0, 0.05) is 31.0 Å². The number of carbonyl (C=O) groups is 2. The monoisotopic (exact) mass is 390 g/mol. The van der Waals surface area contributed by atoms with Gasteiger partial charge in [0.15, 0.2) is 0 Å². The molecule has 0 bridgehead atoms. The maximum atomic E-state index is 13.9. The van der Waals surface area contributed by atoms with Crippen LogP contribution in [0.5, 0.6) is 0 Å². The molecule has 2 N–H and O–H groups in total. The standard InChI is InChI=1S/C20H23FN2O3S/c1-23(13-15-8-4-6-10-18(15)27-2)19(24)12-16(22-20(25)26)11-14-7-3-5-9-17(14)21/h3-10,16,22H,11-13H2,1-2H3,(H,25,26). The lowest BCUT2D eigenvalue weighted by Gasteiger charge is -2.23. The lowest BCUT2D eigenvalue weighted by molar-refractivity contribution is -0.130. The predicted molar refractivity (Wildman–Crippen MR) is 104 cm³/mol. The maximum absolute atomic E-state index is 13.9. The molecule has 0 heterocycles. The molecule has 0 spiro atoms. The number of amides is 2. The van der Waals surface area contributed by atoms with E-state index in [0.717, 1.165) is 10.5 Å². The smallest absolute Gasteiger partial charge is 0.404 e. The zero-order valence-electron chi connectivity index (χ0n) is 15.3. The van der Waals surface area contributed by atoms with Gasteiger partial charge in [-0.2, -0.15) is 0 Å². The number of nitrogens with one attached hydrogen (secondary N) is 1. The SMILES string of the molecule is CSc1ccccc1CN(C)C(=O)CC(Cc1ccccc1F)NC(=O)O. The van der Waals surface area contributed by atoms with Gasteiger partial charge in [0.2, 0.25) is 5.91 Å². The largest absolute Gasteiger partial charge is 0.465 e. The van der Waals surface area contributed by atoms with Gasteiger partial charge in [-0.25, -0.2) is 9.18 Å². The molecule has 0 aromatic heterocycles. The lowest BCUT2D eigenvalue weighted by Crippen LogP contribution is -2.40. The van der Waals surface area contributed by atoms with Gasteiger partial charge in [-0.1, -0.05) is 36.4 Å². The van der Waals surface area contributed by atoms with E-state index in [1.54, 1.807) is 41.9 Å². The van der Waals surface area contributed by atoms with Crippen molar-refractivity contribution in [2.45, 2.75) is 30.3 Å². The highest BCUT2D eigenvalue weighted by molar-refractivity contribution is 7.98. The normalized spacial score (nSPS) is 11.7. The lowest BCUT2D eigenvalue weighted by atomic mass is 10.0. The van der Waals surface area contributed by atoms with Crippen LogP contribution >= 0.6 is 11.8 Å². The molecule has 2 amide bonds. The van der Waals surface area contributed by atoms with Crippen LogP contribution in [0.4, 0.5) is 9.18 Å². The molecular formula is C20H23FN2O3S. The molecule has 144 valence electrons. The molecule has 2 rings (SSSR count). The number of hydrogen-bond acceptors (Lipinski definition) is 3. The van der Waals surface area contributed by atoms with Crippen LogP contribution in [-0.4, -0.2) is 41.4 Å². The molecule has 0 aliphatic carbocycles. The van der Waals surface area contributed by atoms with Gasteiger partial charge in [-0.05, 0) is 35.9 Å². The molecule has 0 aliphatic rings. The molecule has 2 aromatic rings. The van der Waals surface area contributed by atoms with Crippen LogP contribution < -0.4 is 5.32 Å². The van der Waals surface area contributed by atoms with Gasteiger partial charge in [0.1, 0.15) is 5.82 Å². The van der Waals surface area contributed by atoms with E-state index < -0.39 is 18.0 Å². The first-order valence-electron chi connectivity index (χ1n) is 8.49. The molecule has 7 heteroatoms. The third-order valence-electron chi connectivity index (χ3n) is 4.20. The quantitative estimate of drug-likeness (QED) is 0.673. The third kappa shape index (κ3) is 6.29. The molecule has 0 aliphatic heterocycles. The number of carbonyl (C=O) groups excluding carboxylic acids is 1. The summed E-state index contributed by atoms with van der Waals surface area (Å²) in [6, 6.07) is 13.3. The van der Waals surface area contributed by atoms with E-state index >= 15 is 0 Å². The van der Waals surface area contributed by atoms with Crippen molar-refractivity contribution in [2.75, 3.05) is 13.3 Å². The molecule has 1 atom stereocenters. The minimum atomic E-state index is -1.24. The highest BCUT2D eigenvalue weighted by atomic mass is 32.2. The Balaban J connectivity index is 2.06. The first kappa shape index (κ1) is 20.8. The zero-order valence-corrected chi connectivity index (χ0v) is 16.1. The van der Waals surface area contributed by atoms with Gasteiger partial charge in [0.25, 0.3) is 0 Å². The summed E-state index contributed by atoms with van der Waals surface area (Å²) in [7, 11) is 1.68. The van der Waals surface area contributed by atoms with Crippen LogP contribution in [0.15, 0.2) is 53.4 Å². The fourth-order valence-electron chi connectivity index (χ4n) is 2.82. The Morgan fingerprint density at radius 3 is 2.41 bits per heavy atom. The van der Waals surface area contributed by atoms with Gasteiger partial charge >= 0.3 is 6.09 Å². The van der Waals surface area contributed by atoms with E-state index in [9.17, 15) is 14.0 Å². The summed E-state index contributed by atoms with van der Waals surface area (Å²) in [5.41, 5.74) is 1.40. The van der Waals surface area contributed by atoms with Crippen molar-refractivity contribution in [3.05, 3.63) is 65.5 Å². The second-order valence-corrected chi connectivity index (χ2v) is 7.06. The van der Waals surface area contributed by atoms with E-state index in [1.165, 1.54) is 6.07 Å². The molecule has 0 radical (unpaired) electrons. The van der Waals surface area contributed by atoms with Crippen LogP contribution in [-0.2, 0) is 17.8 Å². The first-order valence-corrected chi connectivity index (χ1v) is 9.72. The van der Waals surface area contributed by atoms with E-state index in [2.05, 4.69) is 5.32 Å². The van der Waals surface area contributed by atoms with Gasteiger partial charge in [-0.15, -0.1) is 11.8 Å². The van der Waals surface area contributed by atoms with Crippen molar-refractivity contribution in [2.24, 2.45) is 0 Å². The number of carboxylic acid groups (broad SMARTS) is 1. The van der Waals surface area contributed by atoms with Crippen molar-refractivity contribution < 1.29 is 19.1 Å². The summed E-state index contributed by atoms with van der Waals surface area (Å²) in [4.78, 5) is 26.3. The third-order valence-corrected chi connectivity index (χ3v) is 5.04. The highest BCUT2D eigenvalue weighted by Crippen LogP contribution is 2.21. The highest BCUT2D eigenvalue weighted by Gasteiger charge is 2.21. The van der Waals surface area contributed by atoms with Crippen molar-refractivity contribution in [3.63, 3.8) is 0 Å². The minimum absolute atomic E-state index is 0.0431. The molecule has 0 saturated carbocycles. The fraction of sp³-hybridized carbons (Fsp3) is 0.300. The molecule has 1 unspecified atom stereocenters. The van der Waals surface area contributed by atoms with Gasteiger partial charge < -0.3 is 15.3 Å². The summed E-state index contributed by atoms with van der Waals surface area (Å²) in [5.74, 6) is -0.620. The molecule has 5 nitrogen and oxygen atoms in total. The second-order valence-electron chi connectivity index (χ2n) is 6.21. The van der Waals surface area contributed by atoms with E-state index in [0.29, 0.717) is 12.1 Å². The Hall–Kier alpha value is -2.54. The van der Waals surface area contributed by atoms with Crippen LogP contribution in [0.2, 0.25) is 0 Å². The molecule has 2 aromatic carbocycles. The summed E-state index contributed by atoms with van der Waals surface area (Å²) in [6.07, 6.45) is 0.806. The molecule has 27 heavy (non-hydrogen) atoms. The maximum Gasteiger partial charge on any atom is 0.404 e. The fourth-order valence-corrected chi connectivity index (χ4v) is 3.43. The first-order chi connectivity index (χ1) is 12.9. The number of rotatable bonds is 8. The van der Waals surface area contributed by atoms with Crippen LogP contribution in [0.25, 0.3) is 0 Å². The Kier molecular flexibility index (Phi) is 7.67. The van der Waals surface area contributed by atoms with Crippen LogP contribution in [0, 0.1) is 5.82 Å². The number of thioether (sulfide) groups is 1. The van der Waals surface area contributed by atoms with Gasteiger partial charge in [-0.3, -0.25) is 4.79 Å². The number of halogens is 1. The zero-order chi connectivity index (χ0) is 19.8. The van der Waals surface area contributed by atoms with E-state index in [-0.39, 0.29) is 18.7 Å². The average Bonchev–Trinajstić information content (AvgIpc) is 2.63. The molecular weight excluding hydrogens is 367 g/mol. The Labute approximate surface area is 162 Å². The van der Waals surface area contributed by atoms with E-state index in [1.807, 2.05) is 30.5 Å². The summed E-state index contributed by atoms with van der Waals surface area (Å²) in [6.45, 7) is 0.426. The summed E-state index contributed by atoms with van der Waals surface area (Å²) >= 11 is 1.61. The Morgan fingerprint density at radius 2 is 1.78 bits per heavy atom.